The monoisotopic (exact) mass is 245 g/mol. The molecular formula is C11H13ClFNO2. The lowest BCUT2D eigenvalue weighted by Crippen LogP contribution is -2.36. The topological polar surface area (TPSA) is 63.3 Å². The Morgan fingerprint density at radius 1 is 1.56 bits per heavy atom. The number of hydrogen-bond donors (Lipinski definition) is 2. The van der Waals surface area contributed by atoms with E-state index in [1.165, 1.54) is 32.0 Å². The zero-order valence-electron chi connectivity index (χ0n) is 9.00. The van der Waals surface area contributed by atoms with Gasteiger partial charge in [-0.25, -0.2) is 4.39 Å². The van der Waals surface area contributed by atoms with Gasteiger partial charge in [0.25, 0.3) is 0 Å². The highest BCUT2D eigenvalue weighted by Crippen LogP contribution is 2.32. The van der Waals surface area contributed by atoms with E-state index in [0.29, 0.717) is 5.56 Å². The molecule has 0 fully saturated rings. The Balaban J connectivity index is 3.10. The van der Waals surface area contributed by atoms with Gasteiger partial charge in [0.1, 0.15) is 5.82 Å². The van der Waals surface area contributed by atoms with Crippen molar-refractivity contribution >= 4 is 17.6 Å². The van der Waals surface area contributed by atoms with Gasteiger partial charge < -0.3 is 10.8 Å². The van der Waals surface area contributed by atoms with Gasteiger partial charge in [-0.2, -0.15) is 0 Å². The number of carboxylic acids is 1. The molecule has 0 aliphatic rings. The molecule has 1 atom stereocenters. The highest BCUT2D eigenvalue weighted by atomic mass is 35.5. The van der Waals surface area contributed by atoms with Crippen LogP contribution in [0, 0.1) is 11.2 Å². The van der Waals surface area contributed by atoms with Crippen molar-refractivity contribution in [2.75, 3.05) is 0 Å². The van der Waals surface area contributed by atoms with E-state index in [-0.39, 0.29) is 5.02 Å². The van der Waals surface area contributed by atoms with Gasteiger partial charge in [-0.05, 0) is 31.5 Å². The predicted octanol–water partition coefficient (Wildman–Crippen LogP) is 2.59. The fourth-order valence-electron chi connectivity index (χ4n) is 1.26. The highest BCUT2D eigenvalue weighted by molar-refractivity contribution is 6.30. The Labute approximate surface area is 98.0 Å². The minimum absolute atomic E-state index is 0.0610. The van der Waals surface area contributed by atoms with Gasteiger partial charge in [0.05, 0.1) is 10.4 Å². The molecule has 0 aromatic heterocycles. The molecule has 1 unspecified atom stereocenters. The second-order valence-corrected chi connectivity index (χ2v) is 4.59. The number of carbonyl (C=O) groups is 1. The average molecular weight is 246 g/mol. The quantitative estimate of drug-likeness (QED) is 0.860. The summed E-state index contributed by atoms with van der Waals surface area (Å²) in [6.45, 7) is 3.02. The lowest BCUT2D eigenvalue weighted by Gasteiger charge is -2.27. The van der Waals surface area contributed by atoms with Crippen LogP contribution in [0.3, 0.4) is 0 Å². The number of benzene rings is 1. The number of halogens is 2. The van der Waals surface area contributed by atoms with Crippen LogP contribution in [0.15, 0.2) is 18.2 Å². The van der Waals surface area contributed by atoms with Crippen molar-refractivity contribution in [3.63, 3.8) is 0 Å². The van der Waals surface area contributed by atoms with Crippen LogP contribution in [0.25, 0.3) is 0 Å². The molecule has 0 aliphatic carbocycles. The van der Waals surface area contributed by atoms with Crippen molar-refractivity contribution in [1.82, 2.24) is 0 Å². The van der Waals surface area contributed by atoms with Gasteiger partial charge in [-0.15, -0.1) is 0 Å². The number of hydrogen-bond acceptors (Lipinski definition) is 2. The maximum absolute atomic E-state index is 12.9. The molecule has 1 aromatic rings. The second kappa shape index (κ2) is 4.39. The van der Waals surface area contributed by atoms with Crippen molar-refractivity contribution in [2.24, 2.45) is 11.1 Å². The van der Waals surface area contributed by atoms with Crippen molar-refractivity contribution in [3.8, 4) is 0 Å². The van der Waals surface area contributed by atoms with Gasteiger partial charge in [-0.3, -0.25) is 4.79 Å². The van der Waals surface area contributed by atoms with Crippen LogP contribution in [-0.4, -0.2) is 11.1 Å². The van der Waals surface area contributed by atoms with Crippen molar-refractivity contribution in [2.45, 2.75) is 19.9 Å². The van der Waals surface area contributed by atoms with Crippen LogP contribution in [-0.2, 0) is 4.79 Å². The lowest BCUT2D eigenvalue weighted by atomic mass is 9.81. The number of aliphatic carboxylic acids is 1. The Bertz CT molecular complexity index is 420. The van der Waals surface area contributed by atoms with Crippen LogP contribution in [0.2, 0.25) is 5.02 Å². The molecule has 1 rings (SSSR count). The minimum Gasteiger partial charge on any atom is -0.481 e. The van der Waals surface area contributed by atoms with Gasteiger partial charge >= 0.3 is 5.97 Å². The summed E-state index contributed by atoms with van der Waals surface area (Å²) in [4.78, 5) is 11.0. The first-order chi connectivity index (χ1) is 7.26. The Morgan fingerprint density at radius 2 is 2.12 bits per heavy atom. The molecule has 3 N–H and O–H groups in total. The van der Waals surface area contributed by atoms with E-state index >= 15 is 0 Å². The molecule has 5 heteroatoms. The molecule has 0 amide bonds. The minimum atomic E-state index is -1.14. The normalized spacial score (nSPS) is 13.6. The Kier molecular flexibility index (Phi) is 3.55. The molecule has 1 aromatic carbocycles. The van der Waals surface area contributed by atoms with Gasteiger partial charge in [0.2, 0.25) is 0 Å². The summed E-state index contributed by atoms with van der Waals surface area (Å²) in [5, 5.41) is 8.95. The van der Waals surface area contributed by atoms with E-state index in [0.717, 1.165) is 0 Å². The summed E-state index contributed by atoms with van der Waals surface area (Å²) in [6.07, 6.45) is 0. The van der Waals surface area contributed by atoms with Crippen LogP contribution in [0.5, 0.6) is 0 Å². The zero-order valence-corrected chi connectivity index (χ0v) is 9.75. The molecule has 0 heterocycles. The molecule has 0 aliphatic heterocycles. The zero-order chi connectivity index (χ0) is 12.5. The molecule has 0 radical (unpaired) electrons. The summed E-state index contributed by atoms with van der Waals surface area (Å²) in [6, 6.07) is 3.22. The molecule has 0 spiro atoms. The molecule has 0 bridgehead atoms. The number of carboxylic acid groups (broad SMARTS) is 1. The summed E-state index contributed by atoms with van der Waals surface area (Å²) in [7, 11) is 0. The summed E-state index contributed by atoms with van der Waals surface area (Å²) in [5.74, 6) is -1.56. The molecule has 0 saturated carbocycles. The molecule has 3 nitrogen and oxygen atoms in total. The average Bonchev–Trinajstić information content (AvgIpc) is 2.20. The summed E-state index contributed by atoms with van der Waals surface area (Å²) >= 11 is 5.61. The van der Waals surface area contributed by atoms with E-state index in [2.05, 4.69) is 0 Å². The van der Waals surface area contributed by atoms with Gasteiger partial charge in [-0.1, -0.05) is 17.7 Å². The van der Waals surface area contributed by atoms with E-state index in [9.17, 15) is 9.18 Å². The largest absolute Gasteiger partial charge is 0.481 e. The van der Waals surface area contributed by atoms with Crippen molar-refractivity contribution in [3.05, 3.63) is 34.6 Å². The SMILES string of the molecule is CC(C)(C(=O)O)C(N)c1ccc(F)c(Cl)c1. The van der Waals surface area contributed by atoms with E-state index < -0.39 is 23.2 Å². The third-order valence-corrected chi connectivity index (χ3v) is 2.92. The molecule has 16 heavy (non-hydrogen) atoms. The highest BCUT2D eigenvalue weighted by Gasteiger charge is 2.35. The van der Waals surface area contributed by atoms with Gasteiger partial charge in [0, 0.05) is 6.04 Å². The summed E-state index contributed by atoms with van der Waals surface area (Å²) < 4.78 is 12.9. The van der Waals surface area contributed by atoms with Gasteiger partial charge in [0.15, 0.2) is 0 Å². The predicted molar refractivity (Wildman–Crippen MR) is 59.8 cm³/mol. The maximum Gasteiger partial charge on any atom is 0.311 e. The fourth-order valence-corrected chi connectivity index (χ4v) is 1.44. The van der Waals surface area contributed by atoms with Crippen LogP contribution >= 0.6 is 11.6 Å². The smallest absolute Gasteiger partial charge is 0.311 e. The van der Waals surface area contributed by atoms with E-state index in [1.807, 2.05) is 0 Å². The first kappa shape index (κ1) is 12.9. The fraction of sp³-hybridized carbons (Fsp3) is 0.364. The second-order valence-electron chi connectivity index (χ2n) is 4.18. The molecule has 88 valence electrons. The van der Waals surface area contributed by atoms with Crippen LogP contribution < -0.4 is 5.73 Å². The maximum atomic E-state index is 12.9. The van der Waals surface area contributed by atoms with E-state index in [1.54, 1.807) is 0 Å². The third-order valence-electron chi connectivity index (χ3n) is 2.63. The lowest BCUT2D eigenvalue weighted by molar-refractivity contribution is -0.148. The third kappa shape index (κ3) is 2.33. The first-order valence-electron chi connectivity index (χ1n) is 4.70. The van der Waals surface area contributed by atoms with Crippen molar-refractivity contribution < 1.29 is 14.3 Å². The Hall–Kier alpha value is -1.13. The number of nitrogens with two attached hydrogens (primary N) is 1. The van der Waals surface area contributed by atoms with Crippen LogP contribution in [0.4, 0.5) is 4.39 Å². The standard InChI is InChI=1S/C11H13ClFNO2/c1-11(2,10(15)16)9(14)6-3-4-8(13)7(12)5-6/h3-5,9H,14H2,1-2H3,(H,15,16). The van der Waals surface area contributed by atoms with Crippen molar-refractivity contribution in [1.29, 1.82) is 0 Å². The molecular weight excluding hydrogens is 233 g/mol. The summed E-state index contributed by atoms with van der Waals surface area (Å²) in [5.41, 5.74) is 5.19. The van der Waals surface area contributed by atoms with E-state index in [4.69, 9.17) is 22.4 Å². The Morgan fingerprint density at radius 3 is 2.56 bits per heavy atom. The first-order valence-corrected chi connectivity index (χ1v) is 5.08. The molecule has 0 saturated heterocycles. The number of rotatable bonds is 3. The van der Waals surface area contributed by atoms with Crippen LogP contribution in [0.1, 0.15) is 25.5 Å².